The summed E-state index contributed by atoms with van der Waals surface area (Å²) in [6.07, 6.45) is 0. The molecular weight excluding hydrogens is 164 g/mol. The first-order chi connectivity index (χ1) is 5.13. The Balaban J connectivity index is 0.00000121. The number of rotatable bonds is 1. The molecule has 1 aromatic rings. The minimum absolute atomic E-state index is 0. The molecule has 4 heteroatoms. The van der Waals surface area contributed by atoms with E-state index in [9.17, 15) is 13.6 Å². The van der Waals surface area contributed by atoms with Crippen LogP contribution in [0.1, 0.15) is 17.3 Å². The van der Waals surface area contributed by atoms with E-state index in [-0.39, 0.29) is 11.7 Å². The van der Waals surface area contributed by atoms with Crippen LogP contribution >= 0.6 is 0 Å². The molecule has 0 bridgehead atoms. The Morgan fingerprint density at radius 2 is 1.92 bits per heavy atom. The van der Waals surface area contributed by atoms with E-state index in [1.165, 1.54) is 19.1 Å². The quantitative estimate of drug-likeness (QED) is 0.591. The lowest BCUT2D eigenvalue weighted by Crippen LogP contribution is -1.98. The third-order valence-electron chi connectivity index (χ3n) is 1.33. The highest BCUT2D eigenvalue weighted by atomic mass is 19.2. The molecule has 3 radical (unpaired) electrons. The van der Waals surface area contributed by atoms with Crippen molar-refractivity contribution >= 4 is 5.78 Å². The molecule has 1 aromatic carbocycles. The second kappa shape index (κ2) is 3.92. The van der Waals surface area contributed by atoms with Gasteiger partial charge in [0.05, 0.1) is 5.56 Å². The Labute approximate surface area is 68.8 Å². The Morgan fingerprint density at radius 3 is 2.33 bits per heavy atom. The van der Waals surface area contributed by atoms with Crippen LogP contribution < -0.4 is 6.15 Å². The van der Waals surface area contributed by atoms with Gasteiger partial charge in [0, 0.05) is 6.15 Å². The van der Waals surface area contributed by atoms with Gasteiger partial charge in [-0.15, -0.1) is 0 Å². The second-order valence-corrected chi connectivity index (χ2v) is 2.16. The fourth-order valence-electron chi connectivity index (χ4n) is 0.776. The summed E-state index contributed by atoms with van der Waals surface area (Å²) < 4.78 is 25.1. The zero-order valence-corrected chi connectivity index (χ0v) is 6.34. The predicted octanol–water partition coefficient (Wildman–Crippen LogP) is 1.69. The largest absolute Gasteiger partial charge is 0.294 e. The number of carbonyl (C=O) groups is 1. The number of ketones is 1. The molecule has 0 spiro atoms. The van der Waals surface area contributed by atoms with Gasteiger partial charge in [-0.1, -0.05) is 6.07 Å². The lowest BCUT2D eigenvalue weighted by Gasteiger charge is -1.97. The summed E-state index contributed by atoms with van der Waals surface area (Å²) in [4.78, 5) is 10.6. The smallest absolute Gasteiger partial charge is 0.169 e. The minimum atomic E-state index is -1.07. The van der Waals surface area contributed by atoms with Crippen molar-refractivity contribution in [3.05, 3.63) is 35.4 Å². The van der Waals surface area contributed by atoms with E-state index in [2.05, 4.69) is 0 Å². The van der Waals surface area contributed by atoms with Crippen LogP contribution in [-0.4, -0.2) is 5.78 Å². The maximum Gasteiger partial charge on any atom is 0.169 e. The number of benzene rings is 1. The zero-order chi connectivity index (χ0) is 8.43. The van der Waals surface area contributed by atoms with Gasteiger partial charge < -0.3 is 0 Å². The highest BCUT2D eigenvalue weighted by Gasteiger charge is 2.09. The van der Waals surface area contributed by atoms with Crippen LogP contribution in [0.25, 0.3) is 0 Å². The topological polar surface area (TPSA) is 47.6 Å². The Kier molecular flexibility index (Phi) is 3.50. The molecule has 63 valence electrons. The molecule has 12 heavy (non-hydrogen) atoms. The van der Waals surface area contributed by atoms with Gasteiger partial charge >= 0.3 is 0 Å². The van der Waals surface area contributed by atoms with Gasteiger partial charge in [-0.3, -0.25) is 4.79 Å². The summed E-state index contributed by atoms with van der Waals surface area (Å²) in [5.41, 5.74) is -0.204. The molecule has 2 nitrogen and oxygen atoms in total. The molecule has 0 aromatic heterocycles. The molecular formula is C8H6F2NO. The second-order valence-electron chi connectivity index (χ2n) is 2.16. The van der Waals surface area contributed by atoms with Crippen LogP contribution in [-0.2, 0) is 0 Å². The number of hydrogen-bond acceptors (Lipinski definition) is 1. The normalized spacial score (nSPS) is 8.92. The highest BCUT2D eigenvalue weighted by molar-refractivity contribution is 5.94. The molecule has 0 fully saturated rings. The van der Waals surface area contributed by atoms with Gasteiger partial charge in [-0.05, 0) is 19.1 Å². The van der Waals surface area contributed by atoms with Gasteiger partial charge in [0.2, 0.25) is 0 Å². The molecule has 0 saturated heterocycles. The van der Waals surface area contributed by atoms with Crippen LogP contribution in [0.4, 0.5) is 8.78 Å². The first kappa shape index (κ1) is 10.7. The maximum absolute atomic E-state index is 12.7. The van der Waals surface area contributed by atoms with Crippen LogP contribution in [0.3, 0.4) is 0 Å². The van der Waals surface area contributed by atoms with E-state index in [0.29, 0.717) is 0 Å². The minimum Gasteiger partial charge on any atom is -0.294 e. The summed E-state index contributed by atoms with van der Waals surface area (Å²) in [6.45, 7) is 1.19. The molecule has 0 heterocycles. The first-order valence-corrected chi connectivity index (χ1v) is 3.08. The number of halogens is 2. The number of hydrogen-bond donors (Lipinski definition) is 0. The summed E-state index contributed by atoms with van der Waals surface area (Å²) in [5, 5.41) is 0. The van der Waals surface area contributed by atoms with Crippen LogP contribution in [0.2, 0.25) is 0 Å². The van der Waals surface area contributed by atoms with E-state index in [1.807, 2.05) is 0 Å². The predicted molar refractivity (Wildman–Crippen MR) is 38.5 cm³/mol. The van der Waals surface area contributed by atoms with Crippen molar-refractivity contribution in [1.82, 2.24) is 6.15 Å². The molecule has 0 atom stereocenters. The van der Waals surface area contributed by atoms with E-state index in [1.54, 1.807) is 0 Å². The molecule has 0 N–H and O–H groups in total. The number of carbonyl (C=O) groups excluding carboxylic acids is 1. The lowest BCUT2D eigenvalue weighted by molar-refractivity contribution is 0.101. The third-order valence-corrected chi connectivity index (χ3v) is 1.33. The Morgan fingerprint density at radius 1 is 1.33 bits per heavy atom. The molecule has 0 aliphatic carbocycles. The fraction of sp³-hybridized carbons (Fsp3) is 0.125. The summed E-state index contributed by atoms with van der Waals surface area (Å²) >= 11 is 0. The van der Waals surface area contributed by atoms with E-state index in [4.69, 9.17) is 0 Å². The van der Waals surface area contributed by atoms with E-state index in [0.717, 1.165) is 6.07 Å². The molecule has 1 rings (SSSR count). The average Bonchev–Trinajstić information content (AvgIpc) is 1.94. The van der Waals surface area contributed by atoms with Gasteiger partial charge in [-0.2, -0.15) is 0 Å². The van der Waals surface area contributed by atoms with Crippen molar-refractivity contribution in [2.24, 2.45) is 0 Å². The van der Waals surface area contributed by atoms with Crippen molar-refractivity contribution in [2.75, 3.05) is 0 Å². The lowest BCUT2D eigenvalue weighted by atomic mass is 10.1. The van der Waals surface area contributed by atoms with Crippen LogP contribution in [0.5, 0.6) is 0 Å². The maximum atomic E-state index is 12.7. The summed E-state index contributed by atoms with van der Waals surface area (Å²) in [5.74, 6) is -2.53. The first-order valence-electron chi connectivity index (χ1n) is 3.08. The van der Waals surface area contributed by atoms with Crippen molar-refractivity contribution in [2.45, 2.75) is 6.92 Å². The Bertz CT molecular complexity index is 299. The highest BCUT2D eigenvalue weighted by Crippen LogP contribution is 2.11. The summed E-state index contributed by atoms with van der Waals surface area (Å²) in [7, 11) is 0. The zero-order valence-electron chi connectivity index (χ0n) is 6.34. The summed E-state index contributed by atoms with van der Waals surface area (Å²) in [6, 6.07) is 3.53. The third kappa shape index (κ3) is 1.85. The molecule has 0 aliphatic heterocycles. The van der Waals surface area contributed by atoms with Gasteiger partial charge in [0.25, 0.3) is 0 Å². The van der Waals surface area contributed by atoms with Gasteiger partial charge in [0.1, 0.15) is 0 Å². The standard InChI is InChI=1S/C8H6F2O.N/c1-5(11)6-3-2-4-7(9)8(6)10;/h2-4H,1H3;. The van der Waals surface area contributed by atoms with Crippen molar-refractivity contribution in [1.29, 1.82) is 0 Å². The average molecular weight is 170 g/mol. The molecule has 0 unspecified atom stereocenters. The van der Waals surface area contributed by atoms with Gasteiger partial charge in [0.15, 0.2) is 17.4 Å². The molecule has 0 amide bonds. The molecule has 0 saturated carbocycles. The van der Waals surface area contributed by atoms with E-state index < -0.39 is 17.4 Å². The van der Waals surface area contributed by atoms with Gasteiger partial charge in [-0.25, -0.2) is 8.78 Å². The van der Waals surface area contributed by atoms with Crippen LogP contribution in [0, 0.1) is 11.6 Å². The van der Waals surface area contributed by atoms with Crippen molar-refractivity contribution in [3.8, 4) is 0 Å². The number of nitrogens with zero attached hydrogens (tertiary/aromatic N) is 1. The van der Waals surface area contributed by atoms with E-state index >= 15 is 0 Å². The SMILES string of the molecule is CC(=O)c1cccc(F)c1F.[N]. The number of Topliss-reactive ketones (excluding diaryl/α,β-unsaturated/α-hetero) is 1. The Hall–Kier alpha value is -1.29. The fourth-order valence-corrected chi connectivity index (χ4v) is 0.776. The monoisotopic (exact) mass is 170 g/mol. The van der Waals surface area contributed by atoms with Crippen molar-refractivity contribution < 1.29 is 13.6 Å². The molecule has 0 aliphatic rings. The van der Waals surface area contributed by atoms with Crippen LogP contribution in [0.15, 0.2) is 18.2 Å². The van der Waals surface area contributed by atoms with Crippen molar-refractivity contribution in [3.63, 3.8) is 0 Å².